The molecule has 0 saturated carbocycles. The van der Waals surface area contributed by atoms with E-state index in [0.29, 0.717) is 11.6 Å². The van der Waals surface area contributed by atoms with Gasteiger partial charge >= 0.3 is 5.97 Å². The number of carbonyl (C=O) groups excluding carboxylic acids is 1. The van der Waals surface area contributed by atoms with Crippen LogP contribution < -0.4 is 10.2 Å². The molecule has 0 aliphatic carbocycles. The van der Waals surface area contributed by atoms with Crippen LogP contribution >= 0.6 is 0 Å². The second-order valence-corrected chi connectivity index (χ2v) is 6.63. The summed E-state index contributed by atoms with van der Waals surface area (Å²) in [7, 11) is 1.39. The van der Waals surface area contributed by atoms with E-state index in [1.165, 1.54) is 19.2 Å². The van der Waals surface area contributed by atoms with Gasteiger partial charge in [0, 0.05) is 24.8 Å². The molecule has 0 spiro atoms. The van der Waals surface area contributed by atoms with Crippen LogP contribution in [0.3, 0.4) is 0 Å². The first-order valence-corrected chi connectivity index (χ1v) is 9.07. The molecule has 0 radical (unpaired) electrons. The standard InChI is InChI=1S/C21H25FN2O2/c1-26-21(25)17-4-8-20(9-5-17)24-14-11-19(12-15-24)23-13-10-16-2-6-18(22)7-3-16/h2-9,19,23H,10-15H2,1H3. The number of hydrogen-bond donors (Lipinski definition) is 1. The monoisotopic (exact) mass is 356 g/mol. The Balaban J connectivity index is 1.42. The molecule has 0 unspecified atom stereocenters. The summed E-state index contributed by atoms with van der Waals surface area (Å²) in [6, 6.07) is 14.8. The van der Waals surface area contributed by atoms with Crippen molar-refractivity contribution in [3.63, 3.8) is 0 Å². The Bertz CT molecular complexity index is 708. The van der Waals surface area contributed by atoms with Gasteiger partial charge in [0.1, 0.15) is 5.82 Å². The summed E-state index contributed by atoms with van der Waals surface area (Å²) in [6.07, 6.45) is 3.08. The molecule has 3 rings (SSSR count). The molecular weight excluding hydrogens is 331 g/mol. The molecule has 1 fully saturated rings. The van der Waals surface area contributed by atoms with E-state index >= 15 is 0 Å². The number of benzene rings is 2. The van der Waals surface area contributed by atoms with Crippen molar-refractivity contribution in [1.29, 1.82) is 0 Å². The Morgan fingerprint density at radius 3 is 2.38 bits per heavy atom. The third kappa shape index (κ3) is 4.82. The van der Waals surface area contributed by atoms with E-state index in [9.17, 15) is 9.18 Å². The first kappa shape index (κ1) is 18.4. The predicted octanol–water partition coefficient (Wildman–Crippen LogP) is 3.41. The Hall–Kier alpha value is -2.40. The van der Waals surface area contributed by atoms with E-state index in [2.05, 4.69) is 10.2 Å². The van der Waals surface area contributed by atoms with Crippen LogP contribution in [0.15, 0.2) is 48.5 Å². The van der Waals surface area contributed by atoms with Crippen LogP contribution in [0, 0.1) is 5.82 Å². The number of hydrogen-bond acceptors (Lipinski definition) is 4. The van der Waals surface area contributed by atoms with E-state index in [0.717, 1.165) is 50.1 Å². The molecule has 2 aromatic rings. The fraction of sp³-hybridized carbons (Fsp3) is 0.381. The largest absolute Gasteiger partial charge is 0.465 e. The van der Waals surface area contributed by atoms with Gasteiger partial charge in [-0.2, -0.15) is 0 Å². The maximum atomic E-state index is 12.9. The van der Waals surface area contributed by atoms with Crippen molar-refractivity contribution in [2.24, 2.45) is 0 Å². The maximum Gasteiger partial charge on any atom is 0.337 e. The Kier molecular flexibility index (Phi) is 6.23. The second-order valence-electron chi connectivity index (χ2n) is 6.63. The van der Waals surface area contributed by atoms with Gasteiger partial charge in [0.15, 0.2) is 0 Å². The lowest BCUT2D eigenvalue weighted by atomic mass is 10.0. The zero-order chi connectivity index (χ0) is 18.4. The molecule has 1 aliphatic heterocycles. The number of rotatable bonds is 6. The van der Waals surface area contributed by atoms with Crippen molar-refractivity contribution in [3.05, 3.63) is 65.5 Å². The molecular formula is C21H25FN2O2. The topological polar surface area (TPSA) is 41.6 Å². The molecule has 0 aromatic heterocycles. The van der Waals surface area contributed by atoms with Crippen LogP contribution in [0.25, 0.3) is 0 Å². The predicted molar refractivity (Wildman–Crippen MR) is 101 cm³/mol. The molecule has 1 heterocycles. The number of carbonyl (C=O) groups is 1. The van der Waals surface area contributed by atoms with Crippen molar-refractivity contribution in [2.75, 3.05) is 31.6 Å². The lowest BCUT2D eigenvalue weighted by molar-refractivity contribution is 0.0601. The van der Waals surface area contributed by atoms with Crippen molar-refractivity contribution >= 4 is 11.7 Å². The third-order valence-electron chi connectivity index (χ3n) is 4.91. The highest BCUT2D eigenvalue weighted by Crippen LogP contribution is 2.21. The van der Waals surface area contributed by atoms with Crippen LogP contribution in [-0.2, 0) is 11.2 Å². The highest BCUT2D eigenvalue weighted by Gasteiger charge is 2.19. The number of esters is 1. The van der Waals surface area contributed by atoms with Gasteiger partial charge in [-0.3, -0.25) is 0 Å². The Morgan fingerprint density at radius 1 is 1.12 bits per heavy atom. The lowest BCUT2D eigenvalue weighted by Crippen LogP contribution is -2.43. The molecule has 0 atom stereocenters. The minimum absolute atomic E-state index is 0.186. The lowest BCUT2D eigenvalue weighted by Gasteiger charge is -2.34. The fourth-order valence-corrected chi connectivity index (χ4v) is 3.34. The summed E-state index contributed by atoms with van der Waals surface area (Å²) in [5, 5.41) is 3.61. The first-order chi connectivity index (χ1) is 12.7. The van der Waals surface area contributed by atoms with Gasteiger partial charge in [-0.15, -0.1) is 0 Å². The molecule has 2 aromatic carbocycles. The van der Waals surface area contributed by atoms with Crippen LogP contribution in [-0.4, -0.2) is 38.8 Å². The van der Waals surface area contributed by atoms with E-state index < -0.39 is 0 Å². The highest BCUT2D eigenvalue weighted by molar-refractivity contribution is 5.89. The molecule has 26 heavy (non-hydrogen) atoms. The van der Waals surface area contributed by atoms with Gasteiger partial charge < -0.3 is 15.0 Å². The van der Waals surface area contributed by atoms with E-state index in [-0.39, 0.29) is 11.8 Å². The Labute approximate surface area is 154 Å². The average molecular weight is 356 g/mol. The van der Waals surface area contributed by atoms with Gasteiger partial charge in [-0.25, -0.2) is 9.18 Å². The molecule has 138 valence electrons. The summed E-state index contributed by atoms with van der Waals surface area (Å²) in [5.74, 6) is -0.491. The minimum Gasteiger partial charge on any atom is -0.465 e. The SMILES string of the molecule is COC(=O)c1ccc(N2CCC(NCCc3ccc(F)cc3)CC2)cc1. The molecule has 1 aliphatic rings. The van der Waals surface area contributed by atoms with Crippen molar-refractivity contribution < 1.29 is 13.9 Å². The average Bonchev–Trinajstić information content (AvgIpc) is 2.69. The second kappa shape index (κ2) is 8.81. The molecule has 0 amide bonds. The van der Waals surface area contributed by atoms with E-state index in [4.69, 9.17) is 4.74 Å². The number of methoxy groups -OCH3 is 1. The van der Waals surface area contributed by atoms with Gasteiger partial charge in [0.25, 0.3) is 0 Å². The van der Waals surface area contributed by atoms with Gasteiger partial charge in [0.2, 0.25) is 0 Å². The number of ether oxygens (including phenoxy) is 1. The zero-order valence-electron chi connectivity index (χ0n) is 15.1. The number of nitrogens with zero attached hydrogens (tertiary/aromatic N) is 1. The normalized spacial score (nSPS) is 15.1. The van der Waals surface area contributed by atoms with E-state index in [1.807, 2.05) is 36.4 Å². The number of nitrogens with one attached hydrogen (secondary N) is 1. The Morgan fingerprint density at radius 2 is 1.77 bits per heavy atom. The van der Waals surface area contributed by atoms with Gasteiger partial charge in [0.05, 0.1) is 12.7 Å². The smallest absolute Gasteiger partial charge is 0.337 e. The van der Waals surface area contributed by atoms with Crippen LogP contribution in [0.2, 0.25) is 0 Å². The number of piperidine rings is 1. The highest BCUT2D eigenvalue weighted by atomic mass is 19.1. The third-order valence-corrected chi connectivity index (χ3v) is 4.91. The summed E-state index contributed by atoms with van der Waals surface area (Å²) in [4.78, 5) is 13.8. The van der Waals surface area contributed by atoms with Gasteiger partial charge in [-0.1, -0.05) is 12.1 Å². The van der Waals surface area contributed by atoms with Crippen molar-refractivity contribution in [2.45, 2.75) is 25.3 Å². The van der Waals surface area contributed by atoms with Crippen molar-refractivity contribution in [1.82, 2.24) is 5.32 Å². The maximum absolute atomic E-state index is 12.9. The molecule has 5 heteroatoms. The summed E-state index contributed by atoms with van der Waals surface area (Å²) in [6.45, 7) is 2.89. The summed E-state index contributed by atoms with van der Waals surface area (Å²) >= 11 is 0. The molecule has 4 nitrogen and oxygen atoms in total. The number of anilines is 1. The van der Waals surface area contributed by atoms with E-state index in [1.54, 1.807) is 0 Å². The zero-order valence-corrected chi connectivity index (χ0v) is 15.1. The summed E-state index contributed by atoms with van der Waals surface area (Å²) in [5.41, 5.74) is 2.87. The first-order valence-electron chi connectivity index (χ1n) is 9.07. The van der Waals surface area contributed by atoms with Crippen molar-refractivity contribution in [3.8, 4) is 0 Å². The van der Waals surface area contributed by atoms with Crippen LogP contribution in [0.4, 0.5) is 10.1 Å². The molecule has 1 N–H and O–H groups in total. The molecule has 1 saturated heterocycles. The van der Waals surface area contributed by atoms with Crippen LogP contribution in [0.1, 0.15) is 28.8 Å². The van der Waals surface area contributed by atoms with Gasteiger partial charge in [-0.05, 0) is 67.8 Å². The molecule has 0 bridgehead atoms. The quantitative estimate of drug-likeness (QED) is 0.806. The van der Waals surface area contributed by atoms with Crippen LogP contribution in [0.5, 0.6) is 0 Å². The summed E-state index contributed by atoms with van der Waals surface area (Å²) < 4.78 is 17.6. The number of halogens is 1. The fourth-order valence-electron chi connectivity index (χ4n) is 3.34. The minimum atomic E-state index is -0.305.